The maximum atomic E-state index is 12.6. The van der Waals surface area contributed by atoms with Gasteiger partial charge in [-0.15, -0.1) is 0 Å². The Hall–Kier alpha value is -2.32. The highest BCUT2D eigenvalue weighted by Crippen LogP contribution is 2.18. The Bertz CT molecular complexity index is 814. The summed E-state index contributed by atoms with van der Waals surface area (Å²) in [5, 5.41) is 2.78. The summed E-state index contributed by atoms with van der Waals surface area (Å²) in [6, 6.07) is 8.16. The highest BCUT2D eigenvalue weighted by atomic mass is 32.2. The van der Waals surface area contributed by atoms with Gasteiger partial charge < -0.3 is 14.5 Å². The van der Waals surface area contributed by atoms with E-state index in [9.17, 15) is 13.2 Å². The second-order valence-electron chi connectivity index (χ2n) is 6.26. The van der Waals surface area contributed by atoms with Gasteiger partial charge in [-0.05, 0) is 49.2 Å². The van der Waals surface area contributed by atoms with Gasteiger partial charge in [0.15, 0.2) is 0 Å². The maximum absolute atomic E-state index is 12.6. The van der Waals surface area contributed by atoms with Crippen molar-refractivity contribution < 1.29 is 22.4 Å². The van der Waals surface area contributed by atoms with Gasteiger partial charge >= 0.3 is 0 Å². The molecular formula is C18H24N2O5S. The molecule has 0 aliphatic rings. The number of methoxy groups -OCH3 is 1. The Morgan fingerprint density at radius 3 is 2.27 bits per heavy atom. The molecule has 2 aromatic rings. The van der Waals surface area contributed by atoms with Gasteiger partial charge in [0.05, 0.1) is 24.3 Å². The molecule has 7 nitrogen and oxygen atoms in total. The SMILES string of the molecule is COc1ccc(S(=O)(=O)N[C@@H](C(=O)N[C@H](C)c2ccco2)C(C)C)cc1. The lowest BCUT2D eigenvalue weighted by Crippen LogP contribution is -2.50. The molecule has 1 aromatic carbocycles. The average molecular weight is 380 g/mol. The molecule has 0 aliphatic heterocycles. The van der Waals surface area contributed by atoms with Crippen molar-refractivity contribution >= 4 is 15.9 Å². The number of nitrogens with one attached hydrogen (secondary N) is 2. The first-order chi connectivity index (χ1) is 12.2. The Morgan fingerprint density at radius 2 is 1.77 bits per heavy atom. The molecule has 0 saturated heterocycles. The van der Waals surface area contributed by atoms with Crippen LogP contribution in [-0.4, -0.2) is 27.5 Å². The van der Waals surface area contributed by atoms with Gasteiger partial charge in [-0.25, -0.2) is 8.42 Å². The van der Waals surface area contributed by atoms with Crippen LogP contribution in [0.4, 0.5) is 0 Å². The summed E-state index contributed by atoms with van der Waals surface area (Å²) in [4.78, 5) is 12.7. The van der Waals surface area contributed by atoms with E-state index in [0.717, 1.165) is 0 Å². The third-order valence-electron chi connectivity index (χ3n) is 3.93. The van der Waals surface area contributed by atoms with E-state index in [4.69, 9.17) is 9.15 Å². The number of carbonyl (C=O) groups is 1. The molecule has 0 unspecified atom stereocenters. The van der Waals surface area contributed by atoms with Crippen molar-refractivity contribution in [3.63, 3.8) is 0 Å². The van der Waals surface area contributed by atoms with E-state index >= 15 is 0 Å². The summed E-state index contributed by atoms with van der Waals surface area (Å²) < 4.78 is 38.0. The van der Waals surface area contributed by atoms with Gasteiger partial charge in [0, 0.05) is 0 Å². The molecular weight excluding hydrogens is 356 g/mol. The molecule has 8 heteroatoms. The lowest BCUT2D eigenvalue weighted by atomic mass is 10.0. The van der Waals surface area contributed by atoms with Crippen LogP contribution in [0.1, 0.15) is 32.6 Å². The summed E-state index contributed by atoms with van der Waals surface area (Å²) >= 11 is 0. The van der Waals surface area contributed by atoms with Gasteiger partial charge in [0.1, 0.15) is 17.6 Å². The number of furan rings is 1. The Kier molecular flexibility index (Phi) is 6.44. The Labute approximate surface area is 153 Å². The van der Waals surface area contributed by atoms with E-state index in [1.165, 1.54) is 25.5 Å². The lowest BCUT2D eigenvalue weighted by Gasteiger charge is -2.23. The minimum Gasteiger partial charge on any atom is -0.497 e. The highest BCUT2D eigenvalue weighted by Gasteiger charge is 2.29. The van der Waals surface area contributed by atoms with Gasteiger partial charge in [-0.1, -0.05) is 13.8 Å². The smallest absolute Gasteiger partial charge is 0.241 e. The molecule has 2 rings (SSSR count). The molecule has 2 atom stereocenters. The molecule has 0 fully saturated rings. The number of ether oxygens (including phenoxy) is 1. The van der Waals surface area contributed by atoms with E-state index in [1.807, 2.05) is 0 Å². The van der Waals surface area contributed by atoms with Crippen LogP contribution in [0.15, 0.2) is 52.0 Å². The Morgan fingerprint density at radius 1 is 1.12 bits per heavy atom. The number of amides is 1. The molecule has 26 heavy (non-hydrogen) atoms. The standard InChI is InChI=1S/C18H24N2O5S/c1-12(2)17(18(21)19-13(3)16-6-5-11-25-16)20-26(22,23)15-9-7-14(24-4)8-10-15/h5-13,17,20H,1-4H3,(H,19,21)/t13-,17-/m1/s1. The summed E-state index contributed by atoms with van der Waals surface area (Å²) in [6.45, 7) is 5.32. The van der Waals surface area contributed by atoms with Crippen LogP contribution in [0.2, 0.25) is 0 Å². The lowest BCUT2D eigenvalue weighted by molar-refractivity contribution is -0.124. The average Bonchev–Trinajstić information content (AvgIpc) is 3.14. The number of rotatable bonds is 8. The zero-order valence-corrected chi connectivity index (χ0v) is 16.0. The molecule has 142 valence electrons. The summed E-state index contributed by atoms with van der Waals surface area (Å²) in [7, 11) is -2.35. The third kappa shape index (κ3) is 4.86. The highest BCUT2D eigenvalue weighted by molar-refractivity contribution is 7.89. The predicted molar refractivity (Wildman–Crippen MR) is 97.2 cm³/mol. The van der Waals surface area contributed by atoms with Crippen molar-refractivity contribution in [2.24, 2.45) is 5.92 Å². The first kappa shape index (κ1) is 20.0. The van der Waals surface area contributed by atoms with Crippen molar-refractivity contribution in [1.29, 1.82) is 0 Å². The second kappa shape index (κ2) is 8.37. The van der Waals surface area contributed by atoms with Crippen LogP contribution in [-0.2, 0) is 14.8 Å². The maximum Gasteiger partial charge on any atom is 0.241 e. The van der Waals surface area contributed by atoms with Crippen LogP contribution < -0.4 is 14.8 Å². The fourth-order valence-corrected chi connectivity index (χ4v) is 3.74. The summed E-state index contributed by atoms with van der Waals surface area (Å²) in [5.41, 5.74) is 0. The largest absolute Gasteiger partial charge is 0.497 e. The van der Waals surface area contributed by atoms with Gasteiger partial charge in [0.2, 0.25) is 15.9 Å². The van der Waals surface area contributed by atoms with E-state index < -0.39 is 22.0 Å². The third-order valence-corrected chi connectivity index (χ3v) is 5.39. The number of hydrogen-bond acceptors (Lipinski definition) is 5. The zero-order valence-electron chi connectivity index (χ0n) is 15.2. The van der Waals surface area contributed by atoms with Crippen LogP contribution in [0.3, 0.4) is 0 Å². The molecule has 1 aromatic heterocycles. The van der Waals surface area contributed by atoms with Crippen molar-refractivity contribution in [1.82, 2.24) is 10.0 Å². The number of carbonyl (C=O) groups excluding carboxylic acids is 1. The quantitative estimate of drug-likeness (QED) is 0.733. The molecule has 2 N–H and O–H groups in total. The predicted octanol–water partition coefficient (Wildman–Crippen LogP) is 2.47. The second-order valence-corrected chi connectivity index (χ2v) is 7.98. The monoisotopic (exact) mass is 380 g/mol. The molecule has 0 saturated carbocycles. The molecule has 1 heterocycles. The van der Waals surface area contributed by atoms with Gasteiger partial charge in [0.25, 0.3) is 0 Å². The van der Waals surface area contributed by atoms with Crippen LogP contribution in [0, 0.1) is 5.92 Å². The summed E-state index contributed by atoms with van der Waals surface area (Å²) in [5.74, 6) is 0.487. The van der Waals surface area contributed by atoms with Crippen molar-refractivity contribution in [3.05, 3.63) is 48.4 Å². The van der Waals surface area contributed by atoms with Crippen molar-refractivity contribution in [2.75, 3.05) is 7.11 Å². The topological polar surface area (TPSA) is 97.6 Å². The fourth-order valence-electron chi connectivity index (χ4n) is 2.39. The van der Waals surface area contributed by atoms with Crippen molar-refractivity contribution in [2.45, 2.75) is 37.8 Å². The van der Waals surface area contributed by atoms with Crippen LogP contribution >= 0.6 is 0 Å². The molecule has 0 radical (unpaired) electrons. The number of sulfonamides is 1. The first-order valence-corrected chi connectivity index (χ1v) is 9.73. The first-order valence-electron chi connectivity index (χ1n) is 8.24. The molecule has 0 aliphatic carbocycles. The van der Waals surface area contributed by atoms with Gasteiger partial charge in [-0.3, -0.25) is 4.79 Å². The van der Waals surface area contributed by atoms with Crippen LogP contribution in [0.25, 0.3) is 0 Å². The minimum atomic E-state index is -3.85. The molecule has 0 spiro atoms. The zero-order chi connectivity index (χ0) is 19.3. The normalized spacial score (nSPS) is 14.0. The van der Waals surface area contributed by atoms with Crippen molar-refractivity contribution in [3.8, 4) is 5.75 Å². The van der Waals surface area contributed by atoms with E-state index in [2.05, 4.69) is 10.0 Å². The fraction of sp³-hybridized carbons (Fsp3) is 0.389. The van der Waals surface area contributed by atoms with E-state index in [1.54, 1.807) is 45.0 Å². The van der Waals surface area contributed by atoms with E-state index in [-0.39, 0.29) is 16.9 Å². The van der Waals surface area contributed by atoms with Gasteiger partial charge in [-0.2, -0.15) is 4.72 Å². The number of hydrogen-bond donors (Lipinski definition) is 2. The molecule has 0 bridgehead atoms. The summed E-state index contributed by atoms with van der Waals surface area (Å²) in [6.07, 6.45) is 1.52. The minimum absolute atomic E-state index is 0.0656. The number of benzene rings is 1. The van der Waals surface area contributed by atoms with E-state index in [0.29, 0.717) is 11.5 Å². The van der Waals surface area contributed by atoms with Crippen LogP contribution in [0.5, 0.6) is 5.75 Å². The Balaban J connectivity index is 2.14. The molecule has 1 amide bonds.